The van der Waals surface area contributed by atoms with Crippen LogP contribution in [0.3, 0.4) is 0 Å². The van der Waals surface area contributed by atoms with Gasteiger partial charge in [0, 0.05) is 13.0 Å². The fourth-order valence-corrected chi connectivity index (χ4v) is 4.04. The van der Waals surface area contributed by atoms with Gasteiger partial charge in [0.1, 0.15) is 18.1 Å². The van der Waals surface area contributed by atoms with Crippen LogP contribution in [0.5, 0.6) is 0 Å². The summed E-state index contributed by atoms with van der Waals surface area (Å²) in [5.41, 5.74) is 28.5. The van der Waals surface area contributed by atoms with E-state index in [1.807, 2.05) is 6.07 Å². The number of amides is 3. The van der Waals surface area contributed by atoms with E-state index in [0.29, 0.717) is 58.2 Å². The van der Waals surface area contributed by atoms with Crippen LogP contribution in [0.15, 0.2) is 35.3 Å². The minimum absolute atomic E-state index is 0.0565. The molecule has 1 aromatic rings. The molecule has 0 heterocycles. The summed E-state index contributed by atoms with van der Waals surface area (Å²) in [5.74, 6) is -3.00. The molecule has 1 aromatic carbocycles. The molecule has 0 radical (unpaired) electrons. The summed E-state index contributed by atoms with van der Waals surface area (Å²) in [6.07, 6.45) is 3.64. The summed E-state index contributed by atoms with van der Waals surface area (Å²) >= 11 is 0. The Labute approximate surface area is 241 Å². The highest BCUT2D eigenvalue weighted by atomic mass is 16.4. The number of nitrogens with two attached hydrogens (primary N) is 5. The Bertz CT molecular complexity index is 973. The number of nitrogens with zero attached hydrogens (tertiary/aromatic N) is 1. The highest BCUT2D eigenvalue weighted by Gasteiger charge is 2.30. The molecule has 230 valence electrons. The van der Waals surface area contributed by atoms with Crippen LogP contribution >= 0.6 is 0 Å². The quantitative estimate of drug-likeness (QED) is 0.0459. The molecule has 14 N–H and O–H groups in total. The normalized spacial score (nSPS) is 13.7. The van der Waals surface area contributed by atoms with Gasteiger partial charge in [0.05, 0.1) is 6.04 Å². The molecule has 4 atom stereocenters. The number of carbonyl (C=O) groups excluding carboxylic acids is 3. The molecule has 0 aliphatic heterocycles. The van der Waals surface area contributed by atoms with E-state index < -0.39 is 47.9 Å². The number of hydrogen-bond donors (Lipinski definition) is 9. The molecule has 0 aliphatic rings. The van der Waals surface area contributed by atoms with Gasteiger partial charge in [-0.1, -0.05) is 30.3 Å². The summed E-state index contributed by atoms with van der Waals surface area (Å²) in [6.45, 7) is 1.13. The van der Waals surface area contributed by atoms with Crippen molar-refractivity contribution >= 4 is 29.7 Å². The van der Waals surface area contributed by atoms with E-state index in [-0.39, 0.29) is 25.2 Å². The number of carbonyl (C=O) groups is 4. The number of aliphatic imine (C=N–C) groups is 1. The first-order chi connectivity index (χ1) is 19.6. The van der Waals surface area contributed by atoms with Crippen molar-refractivity contribution in [3.8, 4) is 0 Å². The number of nitrogens with one attached hydrogen (secondary N) is 3. The van der Waals surface area contributed by atoms with Crippen molar-refractivity contribution in [3.63, 3.8) is 0 Å². The van der Waals surface area contributed by atoms with E-state index >= 15 is 0 Å². The molecule has 0 spiro atoms. The second-order valence-electron chi connectivity index (χ2n) is 9.84. The SMILES string of the molecule is NCCCCC(NC(=O)C(Cc1ccccc1)NC(=O)C(CCCCN)NC(=O)C(N)CCCN=C(N)N)C(=O)O. The third-order valence-electron chi connectivity index (χ3n) is 6.36. The van der Waals surface area contributed by atoms with Gasteiger partial charge < -0.3 is 49.7 Å². The molecule has 0 aliphatic carbocycles. The van der Waals surface area contributed by atoms with Crippen molar-refractivity contribution in [1.29, 1.82) is 0 Å². The fourth-order valence-electron chi connectivity index (χ4n) is 4.04. The number of carboxylic acids is 1. The highest BCUT2D eigenvalue weighted by molar-refractivity contribution is 5.94. The second kappa shape index (κ2) is 20.2. The zero-order chi connectivity index (χ0) is 30.6. The molecule has 0 fully saturated rings. The Hall–Kier alpha value is -3.75. The molecule has 0 bridgehead atoms. The van der Waals surface area contributed by atoms with Gasteiger partial charge in [-0.05, 0) is 70.0 Å². The molecule has 14 nitrogen and oxygen atoms in total. The average Bonchev–Trinajstić information content (AvgIpc) is 2.94. The minimum atomic E-state index is -1.18. The fraction of sp³-hybridized carbons (Fsp3) is 0.593. The third kappa shape index (κ3) is 15.0. The van der Waals surface area contributed by atoms with E-state index in [1.165, 1.54) is 0 Å². The van der Waals surface area contributed by atoms with Gasteiger partial charge in [-0.15, -0.1) is 0 Å². The van der Waals surface area contributed by atoms with Crippen LogP contribution in [0.25, 0.3) is 0 Å². The van der Waals surface area contributed by atoms with Crippen LogP contribution in [0.1, 0.15) is 56.9 Å². The molecule has 14 heteroatoms. The largest absolute Gasteiger partial charge is 0.480 e. The maximum absolute atomic E-state index is 13.4. The molecule has 41 heavy (non-hydrogen) atoms. The van der Waals surface area contributed by atoms with Gasteiger partial charge in [0.25, 0.3) is 0 Å². The van der Waals surface area contributed by atoms with Crippen LogP contribution in [0.4, 0.5) is 0 Å². The molecule has 0 aromatic heterocycles. The lowest BCUT2D eigenvalue weighted by Crippen LogP contribution is -2.57. The topological polar surface area (TPSA) is 267 Å². The van der Waals surface area contributed by atoms with E-state index in [9.17, 15) is 24.3 Å². The second-order valence-corrected chi connectivity index (χ2v) is 9.84. The number of hydrogen-bond acceptors (Lipinski definition) is 8. The molecule has 3 amide bonds. The summed E-state index contributed by atoms with van der Waals surface area (Å²) in [5, 5.41) is 17.6. The van der Waals surface area contributed by atoms with E-state index in [4.69, 9.17) is 28.7 Å². The van der Waals surface area contributed by atoms with Gasteiger partial charge in [-0.3, -0.25) is 19.4 Å². The van der Waals surface area contributed by atoms with Crippen LogP contribution in [-0.4, -0.2) is 78.6 Å². The summed E-state index contributed by atoms with van der Waals surface area (Å²) < 4.78 is 0. The standard InChI is InChI=1S/C27H47N9O5/c28-14-6-4-12-20(34-23(37)19(30)11-8-16-33-27(31)32)24(38)36-22(17-18-9-2-1-3-10-18)25(39)35-21(26(40)41)13-5-7-15-29/h1-3,9-10,19-22H,4-8,11-17,28-30H2,(H,34,37)(H,35,39)(H,36,38)(H,40,41)(H4,31,32,33). The van der Waals surface area contributed by atoms with Crippen LogP contribution in [0.2, 0.25) is 0 Å². The number of aliphatic carboxylic acids is 1. The number of guanidine groups is 1. The predicted octanol–water partition coefficient (Wildman–Crippen LogP) is -1.59. The lowest BCUT2D eigenvalue weighted by molar-refractivity contribution is -0.142. The zero-order valence-corrected chi connectivity index (χ0v) is 23.6. The molecule has 4 unspecified atom stereocenters. The lowest BCUT2D eigenvalue weighted by Gasteiger charge is -2.25. The Morgan fingerprint density at radius 2 is 1.27 bits per heavy atom. The van der Waals surface area contributed by atoms with Crippen molar-refractivity contribution in [2.75, 3.05) is 19.6 Å². The van der Waals surface area contributed by atoms with Crippen LogP contribution in [0, 0.1) is 0 Å². The smallest absolute Gasteiger partial charge is 0.326 e. The van der Waals surface area contributed by atoms with E-state index in [2.05, 4.69) is 20.9 Å². The first kappa shape index (κ1) is 35.3. The van der Waals surface area contributed by atoms with Gasteiger partial charge in [0.2, 0.25) is 17.7 Å². The van der Waals surface area contributed by atoms with Gasteiger partial charge in [0.15, 0.2) is 5.96 Å². The molecular weight excluding hydrogens is 530 g/mol. The molecule has 0 saturated carbocycles. The maximum atomic E-state index is 13.4. The highest BCUT2D eigenvalue weighted by Crippen LogP contribution is 2.09. The molecular formula is C27H47N9O5. The lowest BCUT2D eigenvalue weighted by atomic mass is 10.0. The minimum Gasteiger partial charge on any atom is -0.480 e. The Balaban J connectivity index is 3.04. The first-order valence-corrected chi connectivity index (χ1v) is 14.0. The van der Waals surface area contributed by atoms with Gasteiger partial charge in [-0.2, -0.15) is 0 Å². The van der Waals surface area contributed by atoms with Crippen molar-refractivity contribution in [2.24, 2.45) is 33.7 Å². The van der Waals surface area contributed by atoms with Crippen LogP contribution < -0.4 is 44.6 Å². The van der Waals surface area contributed by atoms with E-state index in [0.717, 1.165) is 5.56 Å². The van der Waals surface area contributed by atoms with Crippen molar-refractivity contribution < 1.29 is 24.3 Å². The third-order valence-corrected chi connectivity index (χ3v) is 6.36. The summed E-state index contributed by atoms with van der Waals surface area (Å²) in [6, 6.07) is 4.88. The maximum Gasteiger partial charge on any atom is 0.326 e. The average molecular weight is 578 g/mol. The number of unbranched alkanes of at least 4 members (excludes halogenated alkanes) is 2. The van der Waals surface area contributed by atoms with Gasteiger partial charge in [-0.25, -0.2) is 4.79 Å². The zero-order valence-electron chi connectivity index (χ0n) is 23.6. The summed E-state index contributed by atoms with van der Waals surface area (Å²) in [7, 11) is 0. The van der Waals surface area contributed by atoms with Crippen molar-refractivity contribution in [2.45, 2.75) is 82.0 Å². The Morgan fingerprint density at radius 1 is 0.732 bits per heavy atom. The predicted molar refractivity (Wildman–Crippen MR) is 157 cm³/mol. The first-order valence-electron chi connectivity index (χ1n) is 14.0. The number of rotatable bonds is 21. The Morgan fingerprint density at radius 3 is 1.83 bits per heavy atom. The number of benzene rings is 1. The van der Waals surface area contributed by atoms with Gasteiger partial charge >= 0.3 is 5.97 Å². The van der Waals surface area contributed by atoms with Crippen molar-refractivity contribution in [3.05, 3.63) is 35.9 Å². The van der Waals surface area contributed by atoms with E-state index in [1.54, 1.807) is 24.3 Å². The van der Waals surface area contributed by atoms with Crippen molar-refractivity contribution in [1.82, 2.24) is 16.0 Å². The summed E-state index contributed by atoms with van der Waals surface area (Å²) in [4.78, 5) is 55.1. The monoisotopic (exact) mass is 577 g/mol. The molecule has 0 saturated heterocycles. The van der Waals surface area contributed by atoms with Crippen LogP contribution in [-0.2, 0) is 25.6 Å². The number of carboxylic acid groups (broad SMARTS) is 1. The Kier molecular flexibility index (Phi) is 17.4. The molecule has 1 rings (SSSR count).